The Morgan fingerprint density at radius 1 is 1.17 bits per heavy atom. The summed E-state index contributed by atoms with van der Waals surface area (Å²) in [4.78, 5) is 17.0. The topological polar surface area (TPSA) is 65.8 Å². The standard InChI is InChI=1S/C22H20BrN3O3S/c1-28-16-7-8-20(29-2)18(9-16)17-10-21(27)26-12-25(13-30-22(26)19(17)11-24)15-5-3-14(23)4-6-15/h3-9,17H,10,12-13H2,1-2H3/t17-/m0/s1. The van der Waals surface area contributed by atoms with E-state index >= 15 is 0 Å². The monoisotopic (exact) mass is 485 g/mol. The fraction of sp³-hybridized carbons (Fsp3) is 0.273. The van der Waals surface area contributed by atoms with Gasteiger partial charge in [0, 0.05) is 28.1 Å². The van der Waals surface area contributed by atoms with E-state index in [1.54, 1.807) is 19.1 Å². The second-order valence-electron chi connectivity index (χ2n) is 6.95. The third kappa shape index (κ3) is 3.75. The van der Waals surface area contributed by atoms with Gasteiger partial charge in [0.2, 0.25) is 5.91 Å². The van der Waals surface area contributed by atoms with Gasteiger partial charge in [-0.3, -0.25) is 9.69 Å². The van der Waals surface area contributed by atoms with Crippen LogP contribution in [0.4, 0.5) is 5.69 Å². The number of amides is 1. The summed E-state index contributed by atoms with van der Waals surface area (Å²) in [6, 6.07) is 15.8. The number of carbonyl (C=O) groups is 1. The van der Waals surface area contributed by atoms with Gasteiger partial charge in [-0.1, -0.05) is 27.7 Å². The molecule has 0 aromatic heterocycles. The van der Waals surface area contributed by atoms with E-state index in [1.807, 2.05) is 42.5 Å². The number of nitrogens with zero attached hydrogens (tertiary/aromatic N) is 3. The van der Waals surface area contributed by atoms with E-state index in [2.05, 4.69) is 26.9 Å². The lowest BCUT2D eigenvalue weighted by Crippen LogP contribution is -2.47. The number of hydrogen-bond acceptors (Lipinski definition) is 6. The van der Waals surface area contributed by atoms with Crippen LogP contribution >= 0.6 is 27.7 Å². The maximum Gasteiger partial charge on any atom is 0.229 e. The zero-order valence-electron chi connectivity index (χ0n) is 16.6. The van der Waals surface area contributed by atoms with E-state index in [4.69, 9.17) is 9.47 Å². The molecular weight excluding hydrogens is 466 g/mol. The highest BCUT2D eigenvalue weighted by atomic mass is 79.9. The molecule has 30 heavy (non-hydrogen) atoms. The number of methoxy groups -OCH3 is 2. The van der Waals surface area contributed by atoms with Crippen molar-refractivity contribution in [2.45, 2.75) is 12.3 Å². The van der Waals surface area contributed by atoms with Gasteiger partial charge in [-0.2, -0.15) is 5.26 Å². The fourth-order valence-corrected chi connectivity index (χ4v) is 5.19. The minimum absolute atomic E-state index is 0.00631. The van der Waals surface area contributed by atoms with Crippen LogP contribution in [0.15, 0.2) is 57.5 Å². The molecule has 8 heteroatoms. The lowest BCUT2D eigenvalue weighted by Gasteiger charge is -2.42. The Balaban J connectivity index is 1.70. The van der Waals surface area contributed by atoms with Gasteiger partial charge in [0.15, 0.2) is 0 Å². The van der Waals surface area contributed by atoms with Gasteiger partial charge < -0.3 is 14.4 Å². The minimum atomic E-state index is -0.356. The molecule has 0 unspecified atom stereocenters. The van der Waals surface area contributed by atoms with Crippen LogP contribution in [0.5, 0.6) is 11.5 Å². The Bertz CT molecular complexity index is 1050. The SMILES string of the molecule is COc1ccc(OC)c([C@@H]2CC(=O)N3CN(c4ccc(Br)cc4)CSC3=C2C#N)c1. The molecular formula is C22H20BrN3O3S. The van der Waals surface area contributed by atoms with Crippen molar-refractivity contribution >= 4 is 39.3 Å². The molecule has 6 nitrogen and oxygen atoms in total. The van der Waals surface area contributed by atoms with E-state index in [1.165, 1.54) is 11.8 Å². The first-order valence-electron chi connectivity index (χ1n) is 9.35. The van der Waals surface area contributed by atoms with Crippen molar-refractivity contribution in [2.24, 2.45) is 0 Å². The number of fused-ring (bicyclic) bond motifs is 1. The van der Waals surface area contributed by atoms with Crippen LogP contribution in [-0.2, 0) is 4.79 Å². The smallest absolute Gasteiger partial charge is 0.229 e. The highest BCUT2D eigenvalue weighted by molar-refractivity contribution is 9.10. The fourth-order valence-electron chi connectivity index (χ4n) is 3.75. The Kier molecular flexibility index (Phi) is 5.93. The lowest BCUT2D eigenvalue weighted by atomic mass is 9.86. The summed E-state index contributed by atoms with van der Waals surface area (Å²) in [5.41, 5.74) is 2.43. The van der Waals surface area contributed by atoms with Crippen LogP contribution in [-0.4, -0.2) is 37.6 Å². The van der Waals surface area contributed by atoms with Crippen molar-refractivity contribution in [3.63, 3.8) is 0 Å². The molecule has 1 saturated heterocycles. The van der Waals surface area contributed by atoms with Gasteiger partial charge >= 0.3 is 0 Å². The molecule has 2 aliphatic rings. The van der Waals surface area contributed by atoms with Crippen molar-refractivity contribution in [3.8, 4) is 17.6 Å². The van der Waals surface area contributed by atoms with E-state index in [0.717, 1.165) is 20.8 Å². The van der Waals surface area contributed by atoms with E-state index in [-0.39, 0.29) is 18.2 Å². The van der Waals surface area contributed by atoms with Crippen LogP contribution in [0.3, 0.4) is 0 Å². The van der Waals surface area contributed by atoms with Crippen molar-refractivity contribution in [3.05, 3.63) is 63.1 Å². The number of hydrogen-bond donors (Lipinski definition) is 0. The number of allylic oxidation sites excluding steroid dienone is 1. The summed E-state index contributed by atoms with van der Waals surface area (Å²) in [7, 11) is 3.18. The average Bonchev–Trinajstić information content (AvgIpc) is 2.79. The van der Waals surface area contributed by atoms with Crippen LogP contribution in [0.1, 0.15) is 17.9 Å². The summed E-state index contributed by atoms with van der Waals surface area (Å²) >= 11 is 4.97. The van der Waals surface area contributed by atoms with Gasteiger partial charge in [-0.05, 0) is 42.5 Å². The zero-order chi connectivity index (χ0) is 21.3. The maximum absolute atomic E-state index is 13.1. The molecule has 0 N–H and O–H groups in total. The molecule has 1 fully saturated rings. The van der Waals surface area contributed by atoms with Crippen LogP contribution in [0.25, 0.3) is 0 Å². The van der Waals surface area contributed by atoms with Gasteiger partial charge in [-0.25, -0.2) is 0 Å². The number of halogens is 1. The van der Waals surface area contributed by atoms with Crippen molar-refractivity contribution in [1.29, 1.82) is 5.26 Å². The van der Waals surface area contributed by atoms with Gasteiger partial charge in [0.1, 0.15) is 11.5 Å². The summed E-state index contributed by atoms with van der Waals surface area (Å²) in [5.74, 6) is 1.61. The number of anilines is 1. The first-order chi connectivity index (χ1) is 14.5. The molecule has 0 spiro atoms. The molecule has 2 aliphatic heterocycles. The largest absolute Gasteiger partial charge is 0.497 e. The molecule has 1 amide bonds. The predicted molar refractivity (Wildman–Crippen MR) is 120 cm³/mol. The maximum atomic E-state index is 13.1. The Labute approximate surface area is 188 Å². The highest BCUT2D eigenvalue weighted by Gasteiger charge is 2.39. The van der Waals surface area contributed by atoms with Gasteiger partial charge in [0.05, 0.1) is 43.4 Å². The summed E-state index contributed by atoms with van der Waals surface area (Å²) < 4.78 is 11.9. The highest BCUT2D eigenvalue weighted by Crippen LogP contribution is 2.46. The molecule has 4 rings (SSSR count). The van der Waals surface area contributed by atoms with E-state index in [9.17, 15) is 10.1 Å². The van der Waals surface area contributed by atoms with Crippen LogP contribution < -0.4 is 14.4 Å². The quantitative estimate of drug-likeness (QED) is 0.625. The minimum Gasteiger partial charge on any atom is -0.497 e. The van der Waals surface area contributed by atoms with Crippen molar-refractivity contribution < 1.29 is 14.3 Å². The molecule has 0 bridgehead atoms. The molecule has 2 aromatic rings. The lowest BCUT2D eigenvalue weighted by molar-refractivity contribution is -0.129. The molecule has 0 radical (unpaired) electrons. The number of thioether (sulfide) groups is 1. The zero-order valence-corrected chi connectivity index (χ0v) is 19.0. The van der Waals surface area contributed by atoms with Crippen LogP contribution in [0.2, 0.25) is 0 Å². The summed E-state index contributed by atoms with van der Waals surface area (Å²) in [6.45, 7) is 0.427. The number of ether oxygens (including phenoxy) is 2. The van der Waals surface area contributed by atoms with Crippen molar-refractivity contribution in [1.82, 2.24) is 4.90 Å². The Hall–Kier alpha value is -2.63. The molecule has 1 atom stereocenters. The number of benzene rings is 2. The van der Waals surface area contributed by atoms with Gasteiger partial charge in [0.25, 0.3) is 0 Å². The number of carbonyl (C=O) groups excluding carboxylic acids is 1. The Morgan fingerprint density at radius 3 is 2.60 bits per heavy atom. The molecule has 0 saturated carbocycles. The van der Waals surface area contributed by atoms with Crippen molar-refractivity contribution in [2.75, 3.05) is 31.7 Å². The molecule has 0 aliphatic carbocycles. The third-order valence-electron chi connectivity index (χ3n) is 5.30. The average molecular weight is 486 g/mol. The predicted octanol–water partition coefficient (Wildman–Crippen LogP) is 4.69. The normalized spacial score (nSPS) is 18.7. The first-order valence-corrected chi connectivity index (χ1v) is 11.1. The van der Waals surface area contributed by atoms with E-state index in [0.29, 0.717) is 29.6 Å². The molecule has 2 heterocycles. The second-order valence-corrected chi connectivity index (χ2v) is 8.80. The molecule has 2 aromatic carbocycles. The van der Waals surface area contributed by atoms with E-state index < -0.39 is 0 Å². The summed E-state index contributed by atoms with van der Waals surface area (Å²) in [5, 5.41) is 10.7. The second kappa shape index (κ2) is 8.62. The third-order valence-corrected chi connectivity index (χ3v) is 6.98. The summed E-state index contributed by atoms with van der Waals surface area (Å²) in [6.07, 6.45) is 0.213. The van der Waals surface area contributed by atoms with Gasteiger partial charge in [-0.15, -0.1) is 0 Å². The molecule has 154 valence electrons. The number of rotatable bonds is 4. The number of nitriles is 1. The Morgan fingerprint density at radius 2 is 1.93 bits per heavy atom. The van der Waals surface area contributed by atoms with Crippen LogP contribution in [0, 0.1) is 11.3 Å². The first kappa shape index (κ1) is 20.6.